The Morgan fingerprint density at radius 3 is 3.12 bits per heavy atom. The molecule has 5 heteroatoms. The van der Waals surface area contributed by atoms with Crippen LogP contribution in [0.4, 0.5) is 0 Å². The lowest BCUT2D eigenvalue weighted by atomic mass is 10.2. The second-order valence-corrected chi connectivity index (χ2v) is 3.35. The fourth-order valence-corrected chi connectivity index (χ4v) is 1.41. The summed E-state index contributed by atoms with van der Waals surface area (Å²) in [5, 5.41) is 9.13. The van der Waals surface area contributed by atoms with Gasteiger partial charge in [-0.25, -0.2) is 4.98 Å². The molecule has 0 aromatic carbocycles. The van der Waals surface area contributed by atoms with Crippen molar-refractivity contribution in [2.75, 3.05) is 0 Å². The van der Waals surface area contributed by atoms with E-state index in [9.17, 15) is 9.59 Å². The van der Waals surface area contributed by atoms with E-state index in [4.69, 9.17) is 5.11 Å². The van der Waals surface area contributed by atoms with Crippen LogP contribution in [-0.4, -0.2) is 27.3 Å². The van der Waals surface area contributed by atoms with Crippen LogP contribution >= 0.6 is 0 Å². The number of H-pyrrole nitrogens is 1. The first-order valence-electron chi connectivity index (χ1n) is 4.83. The second kappa shape index (κ2) is 4.49. The molecule has 0 aliphatic heterocycles. The minimum atomic E-state index is -0.971. The van der Waals surface area contributed by atoms with Gasteiger partial charge in [-0.3, -0.25) is 9.59 Å². The third-order valence-corrected chi connectivity index (χ3v) is 2.16. The number of fused-ring (bicyclic) bond motifs is 1. The molecule has 2 heterocycles. The van der Waals surface area contributed by atoms with Crippen molar-refractivity contribution in [1.29, 1.82) is 0 Å². The minimum absolute atomic E-state index is 0.217. The number of carbonyl (C=O) groups is 2. The van der Waals surface area contributed by atoms with Crippen LogP contribution < -0.4 is 0 Å². The molecule has 0 amide bonds. The Bertz CT molecular complexity index is 647. The molecule has 2 aromatic rings. The highest BCUT2D eigenvalue weighted by atomic mass is 16.4. The number of nitrogens with zero attached hydrogens (tertiary/aromatic N) is 1. The van der Waals surface area contributed by atoms with E-state index in [-0.39, 0.29) is 6.42 Å². The summed E-state index contributed by atoms with van der Waals surface area (Å²) < 4.78 is 0. The number of aliphatic carboxylic acids is 1. The summed E-state index contributed by atoms with van der Waals surface area (Å²) in [6.07, 6.45) is 3.61. The fraction of sp³-hybridized carbons (Fsp3) is 0.0833. The number of aldehydes is 1. The molecule has 0 aliphatic rings. The number of nitrogens with one attached hydrogen (secondary N) is 1. The number of hydrogen-bond acceptors (Lipinski definition) is 3. The van der Waals surface area contributed by atoms with Crippen LogP contribution in [0.15, 0.2) is 18.5 Å². The Kier molecular flexibility index (Phi) is 2.88. The van der Waals surface area contributed by atoms with Gasteiger partial charge in [-0.05, 0) is 6.07 Å². The van der Waals surface area contributed by atoms with Crippen LogP contribution in [0.25, 0.3) is 11.0 Å². The van der Waals surface area contributed by atoms with E-state index in [2.05, 4.69) is 21.8 Å². The summed E-state index contributed by atoms with van der Waals surface area (Å²) in [6, 6.07) is 1.71. The summed E-state index contributed by atoms with van der Waals surface area (Å²) >= 11 is 0. The lowest BCUT2D eigenvalue weighted by Crippen LogP contribution is -1.90. The van der Waals surface area contributed by atoms with E-state index in [1.807, 2.05) is 0 Å². The maximum absolute atomic E-state index is 10.7. The van der Waals surface area contributed by atoms with Gasteiger partial charge in [0.15, 0.2) is 6.29 Å². The normalized spacial score (nSPS) is 9.65. The van der Waals surface area contributed by atoms with Crippen molar-refractivity contribution < 1.29 is 14.7 Å². The highest BCUT2D eigenvalue weighted by Gasteiger charge is 2.03. The highest BCUT2D eigenvalue weighted by Crippen LogP contribution is 2.15. The van der Waals surface area contributed by atoms with Crippen LogP contribution in [0.5, 0.6) is 0 Å². The molecular formula is C12H8N2O3. The van der Waals surface area contributed by atoms with Crippen molar-refractivity contribution in [3.8, 4) is 11.8 Å². The Hall–Kier alpha value is -2.61. The topological polar surface area (TPSA) is 83.0 Å². The molecule has 2 rings (SSSR count). The van der Waals surface area contributed by atoms with Gasteiger partial charge < -0.3 is 10.1 Å². The molecule has 5 nitrogen and oxygen atoms in total. The maximum atomic E-state index is 10.7. The molecule has 17 heavy (non-hydrogen) atoms. The second-order valence-electron chi connectivity index (χ2n) is 3.35. The molecule has 2 N–H and O–H groups in total. The van der Waals surface area contributed by atoms with Crippen molar-refractivity contribution in [1.82, 2.24) is 9.97 Å². The average Bonchev–Trinajstić information content (AvgIpc) is 2.70. The fourth-order valence-electron chi connectivity index (χ4n) is 1.41. The molecule has 0 aliphatic carbocycles. The number of carbonyl (C=O) groups excluding carboxylic acids is 1. The Balaban J connectivity index is 2.38. The van der Waals surface area contributed by atoms with E-state index in [0.717, 1.165) is 6.29 Å². The number of carboxylic acid groups (broad SMARTS) is 1. The predicted octanol–water partition coefficient (Wildman–Crippen LogP) is 1.20. The first kappa shape index (κ1) is 10.9. The zero-order valence-electron chi connectivity index (χ0n) is 8.73. The monoisotopic (exact) mass is 228 g/mol. The van der Waals surface area contributed by atoms with Crippen LogP contribution in [-0.2, 0) is 4.79 Å². The lowest BCUT2D eigenvalue weighted by molar-refractivity contribution is -0.135. The van der Waals surface area contributed by atoms with Gasteiger partial charge in [0, 0.05) is 28.9 Å². The zero-order chi connectivity index (χ0) is 12.3. The molecule has 0 radical (unpaired) electrons. The summed E-state index contributed by atoms with van der Waals surface area (Å²) in [4.78, 5) is 28.0. The predicted molar refractivity (Wildman–Crippen MR) is 60.6 cm³/mol. The minimum Gasteiger partial charge on any atom is -0.481 e. The summed E-state index contributed by atoms with van der Waals surface area (Å²) in [5.74, 6) is 4.22. The molecule has 0 fully saturated rings. The number of pyridine rings is 1. The van der Waals surface area contributed by atoms with Gasteiger partial charge in [0.05, 0.1) is 0 Å². The van der Waals surface area contributed by atoms with Crippen LogP contribution in [0.1, 0.15) is 22.3 Å². The summed E-state index contributed by atoms with van der Waals surface area (Å²) in [7, 11) is 0. The summed E-state index contributed by atoms with van der Waals surface area (Å²) in [5.41, 5.74) is 1.70. The first-order chi connectivity index (χ1) is 8.20. The lowest BCUT2D eigenvalue weighted by Gasteiger charge is -1.92. The molecule has 0 saturated heterocycles. The van der Waals surface area contributed by atoms with Crippen LogP contribution in [0.3, 0.4) is 0 Å². The molecule has 0 unspecified atom stereocenters. The quantitative estimate of drug-likeness (QED) is 0.597. The van der Waals surface area contributed by atoms with Gasteiger partial charge >= 0.3 is 5.97 Å². The Morgan fingerprint density at radius 1 is 1.59 bits per heavy atom. The number of hydrogen-bond donors (Lipinski definition) is 2. The van der Waals surface area contributed by atoms with Crippen LogP contribution in [0.2, 0.25) is 0 Å². The van der Waals surface area contributed by atoms with E-state index >= 15 is 0 Å². The van der Waals surface area contributed by atoms with Crippen molar-refractivity contribution in [2.45, 2.75) is 6.42 Å². The first-order valence-corrected chi connectivity index (χ1v) is 4.83. The van der Waals surface area contributed by atoms with E-state index in [0.29, 0.717) is 22.2 Å². The van der Waals surface area contributed by atoms with Crippen molar-refractivity contribution >= 4 is 23.3 Å². The van der Waals surface area contributed by atoms with E-state index in [1.165, 1.54) is 6.20 Å². The van der Waals surface area contributed by atoms with Gasteiger partial charge in [0.25, 0.3) is 0 Å². The average molecular weight is 228 g/mol. The number of aromatic amines is 1. The standard InChI is InChI=1S/C12H8N2O3/c15-7-9-6-14-12-10(9)4-8(5-13-12)2-1-3-11(16)17/h4-7H,3H2,(H,13,14)(H,16,17). The maximum Gasteiger partial charge on any atom is 0.315 e. The molecular weight excluding hydrogens is 220 g/mol. The largest absolute Gasteiger partial charge is 0.481 e. The third kappa shape index (κ3) is 2.32. The van der Waals surface area contributed by atoms with Crippen LogP contribution in [0, 0.1) is 11.8 Å². The Labute approximate surface area is 96.5 Å². The highest BCUT2D eigenvalue weighted by molar-refractivity contribution is 5.96. The molecule has 0 spiro atoms. The number of carboxylic acids is 1. The summed E-state index contributed by atoms with van der Waals surface area (Å²) in [6.45, 7) is 0. The number of rotatable bonds is 2. The Morgan fingerprint density at radius 2 is 2.41 bits per heavy atom. The van der Waals surface area contributed by atoms with Gasteiger partial charge in [-0.2, -0.15) is 0 Å². The molecule has 0 atom stereocenters. The van der Waals surface area contributed by atoms with Gasteiger partial charge in [-0.15, -0.1) is 0 Å². The SMILES string of the molecule is O=Cc1c[nH]c2ncc(C#CCC(=O)O)cc12. The molecule has 84 valence electrons. The smallest absolute Gasteiger partial charge is 0.315 e. The van der Waals surface area contributed by atoms with Crippen molar-refractivity contribution in [3.63, 3.8) is 0 Å². The van der Waals surface area contributed by atoms with Crippen molar-refractivity contribution in [3.05, 3.63) is 29.6 Å². The third-order valence-electron chi connectivity index (χ3n) is 2.16. The van der Waals surface area contributed by atoms with Gasteiger partial charge in [0.1, 0.15) is 12.1 Å². The van der Waals surface area contributed by atoms with Crippen molar-refractivity contribution in [2.24, 2.45) is 0 Å². The number of aromatic nitrogens is 2. The molecule has 0 saturated carbocycles. The zero-order valence-corrected chi connectivity index (χ0v) is 8.73. The van der Waals surface area contributed by atoms with E-state index in [1.54, 1.807) is 12.3 Å². The van der Waals surface area contributed by atoms with E-state index < -0.39 is 5.97 Å². The molecule has 2 aromatic heterocycles. The van der Waals surface area contributed by atoms with Gasteiger partial charge in [-0.1, -0.05) is 11.8 Å². The molecule has 0 bridgehead atoms. The van der Waals surface area contributed by atoms with Gasteiger partial charge in [0.2, 0.25) is 0 Å².